The van der Waals surface area contributed by atoms with E-state index < -0.39 is 18.0 Å². The van der Waals surface area contributed by atoms with Gasteiger partial charge in [0.05, 0.1) is 18.4 Å². The van der Waals surface area contributed by atoms with Crippen LogP contribution in [0.1, 0.15) is 28.0 Å². The summed E-state index contributed by atoms with van der Waals surface area (Å²) in [6.07, 6.45) is -0.158. The third-order valence-corrected chi connectivity index (χ3v) is 5.52. The van der Waals surface area contributed by atoms with Crippen molar-refractivity contribution in [3.05, 3.63) is 101 Å². The van der Waals surface area contributed by atoms with Crippen LogP contribution in [0.15, 0.2) is 73.1 Å². The number of hydrogen-bond acceptors (Lipinski definition) is 4. The summed E-state index contributed by atoms with van der Waals surface area (Å²) in [5.74, 6) is -0.939. The summed E-state index contributed by atoms with van der Waals surface area (Å²) >= 11 is 6.24. The maximum absolute atomic E-state index is 13.8. The summed E-state index contributed by atoms with van der Waals surface area (Å²) in [7, 11) is 0. The van der Waals surface area contributed by atoms with E-state index in [2.05, 4.69) is 20.5 Å². The number of anilines is 1. The van der Waals surface area contributed by atoms with Crippen molar-refractivity contribution >= 4 is 29.0 Å². The molecule has 176 valence electrons. The molecular weight excluding hydrogens is 481 g/mol. The minimum atomic E-state index is -2.84. The van der Waals surface area contributed by atoms with Gasteiger partial charge in [0.15, 0.2) is 11.5 Å². The van der Waals surface area contributed by atoms with Crippen molar-refractivity contribution in [3.8, 4) is 11.3 Å². The zero-order valence-corrected chi connectivity index (χ0v) is 18.6. The number of benzene rings is 2. The first-order valence-corrected chi connectivity index (χ1v) is 10.8. The molecular formula is C24H16ClF3N6O. The lowest BCUT2D eigenvalue weighted by molar-refractivity contribution is 0.102. The summed E-state index contributed by atoms with van der Waals surface area (Å²) in [6.45, 7) is 0.298. The molecule has 5 aromatic rings. The highest BCUT2D eigenvalue weighted by Crippen LogP contribution is 2.27. The number of alkyl halides is 2. The van der Waals surface area contributed by atoms with E-state index in [0.29, 0.717) is 12.1 Å². The number of rotatable bonds is 6. The zero-order valence-electron chi connectivity index (χ0n) is 17.9. The fourth-order valence-corrected chi connectivity index (χ4v) is 3.77. The number of carbonyl (C=O) groups excluding carboxylic acids is 1. The number of halogens is 4. The third kappa shape index (κ3) is 4.60. The van der Waals surface area contributed by atoms with Crippen molar-refractivity contribution < 1.29 is 18.0 Å². The maximum Gasteiger partial charge on any atom is 0.280 e. The van der Waals surface area contributed by atoms with Crippen LogP contribution in [0.2, 0.25) is 5.02 Å². The van der Waals surface area contributed by atoms with Gasteiger partial charge >= 0.3 is 0 Å². The van der Waals surface area contributed by atoms with Gasteiger partial charge in [0.2, 0.25) is 0 Å². The smallest absolute Gasteiger partial charge is 0.280 e. The molecule has 0 saturated carbocycles. The zero-order chi connectivity index (χ0) is 24.5. The number of aromatic nitrogens is 5. The Morgan fingerprint density at radius 3 is 2.54 bits per heavy atom. The summed E-state index contributed by atoms with van der Waals surface area (Å²) < 4.78 is 43.1. The summed E-state index contributed by atoms with van der Waals surface area (Å²) in [5, 5.41) is 11.0. The van der Waals surface area contributed by atoms with Crippen molar-refractivity contribution in [3.63, 3.8) is 0 Å². The lowest BCUT2D eigenvalue weighted by Crippen LogP contribution is -2.14. The van der Waals surface area contributed by atoms with Gasteiger partial charge in [-0.05, 0) is 23.8 Å². The first-order valence-electron chi connectivity index (χ1n) is 10.4. The highest BCUT2D eigenvalue weighted by atomic mass is 35.5. The molecule has 11 heteroatoms. The molecule has 0 atom stereocenters. The molecule has 1 N–H and O–H groups in total. The molecule has 0 spiro atoms. The molecule has 5 rings (SSSR count). The van der Waals surface area contributed by atoms with Crippen molar-refractivity contribution in [1.29, 1.82) is 0 Å². The average Bonchev–Trinajstić information content (AvgIpc) is 3.43. The second-order valence-electron chi connectivity index (χ2n) is 7.63. The molecule has 0 aliphatic carbocycles. The standard InChI is InChI=1S/C24H16ClF3N6O/c25-18-13-33(12-14-6-8-16(26)9-7-14)32-22(18)31-24(35)17-11-29-34-20(21(27)28)10-19(30-23(17)34)15-4-2-1-3-5-15/h1-11,13,21H,12H2,(H,31,32,35). The van der Waals surface area contributed by atoms with Crippen LogP contribution in [-0.4, -0.2) is 30.3 Å². The Bertz CT molecular complexity index is 1520. The summed E-state index contributed by atoms with van der Waals surface area (Å²) in [5.41, 5.74) is 1.24. The lowest BCUT2D eigenvalue weighted by Gasteiger charge is -2.08. The Labute approximate surface area is 201 Å². The van der Waals surface area contributed by atoms with Crippen LogP contribution in [0.5, 0.6) is 0 Å². The van der Waals surface area contributed by atoms with E-state index in [9.17, 15) is 18.0 Å². The fourth-order valence-electron chi connectivity index (χ4n) is 3.57. The Morgan fingerprint density at radius 1 is 1.09 bits per heavy atom. The molecule has 0 unspecified atom stereocenters. The highest BCUT2D eigenvalue weighted by Gasteiger charge is 2.22. The van der Waals surface area contributed by atoms with Crippen LogP contribution in [0, 0.1) is 5.82 Å². The Morgan fingerprint density at radius 2 is 1.83 bits per heavy atom. The largest absolute Gasteiger partial charge is 0.304 e. The minimum absolute atomic E-state index is 0.0196. The Kier molecular flexibility index (Phi) is 5.96. The van der Waals surface area contributed by atoms with Gasteiger partial charge < -0.3 is 5.32 Å². The van der Waals surface area contributed by atoms with Crippen LogP contribution in [0.3, 0.4) is 0 Å². The molecule has 3 heterocycles. The lowest BCUT2D eigenvalue weighted by atomic mass is 10.1. The van der Waals surface area contributed by atoms with Gasteiger partial charge in [-0.1, -0.05) is 54.1 Å². The first kappa shape index (κ1) is 22.6. The molecule has 7 nitrogen and oxygen atoms in total. The summed E-state index contributed by atoms with van der Waals surface area (Å²) in [6, 6.07) is 15.9. The van der Waals surface area contributed by atoms with Crippen LogP contribution >= 0.6 is 11.6 Å². The number of hydrogen-bond donors (Lipinski definition) is 1. The van der Waals surface area contributed by atoms with E-state index in [1.165, 1.54) is 35.3 Å². The van der Waals surface area contributed by atoms with Gasteiger partial charge in [0.1, 0.15) is 22.1 Å². The van der Waals surface area contributed by atoms with E-state index in [0.717, 1.165) is 10.1 Å². The second-order valence-corrected chi connectivity index (χ2v) is 8.04. The first-order chi connectivity index (χ1) is 16.9. The monoisotopic (exact) mass is 496 g/mol. The molecule has 0 aliphatic rings. The van der Waals surface area contributed by atoms with Crippen LogP contribution in [-0.2, 0) is 6.54 Å². The number of nitrogens with zero attached hydrogens (tertiary/aromatic N) is 5. The number of amides is 1. The number of nitrogens with one attached hydrogen (secondary N) is 1. The van der Waals surface area contributed by atoms with Gasteiger partial charge in [-0.3, -0.25) is 9.48 Å². The third-order valence-electron chi connectivity index (χ3n) is 5.24. The molecule has 0 saturated heterocycles. The Hall–Kier alpha value is -4.18. The molecule has 0 bridgehead atoms. The SMILES string of the molecule is O=C(Nc1nn(Cc2ccc(F)cc2)cc1Cl)c1cnn2c(C(F)F)cc(-c3ccccc3)nc12. The highest BCUT2D eigenvalue weighted by molar-refractivity contribution is 6.33. The normalized spacial score (nSPS) is 11.3. The van der Waals surface area contributed by atoms with Crippen molar-refractivity contribution in [2.75, 3.05) is 5.32 Å². The average molecular weight is 497 g/mol. The quantitative estimate of drug-likeness (QED) is 0.331. The van der Waals surface area contributed by atoms with E-state index in [-0.39, 0.29) is 33.6 Å². The van der Waals surface area contributed by atoms with Crippen LogP contribution in [0.4, 0.5) is 19.0 Å². The van der Waals surface area contributed by atoms with E-state index in [1.807, 2.05) is 0 Å². The van der Waals surface area contributed by atoms with Gasteiger partial charge in [0, 0.05) is 11.8 Å². The molecule has 0 fully saturated rings. The molecule has 35 heavy (non-hydrogen) atoms. The van der Waals surface area contributed by atoms with Crippen molar-refractivity contribution in [2.24, 2.45) is 0 Å². The van der Waals surface area contributed by atoms with Crippen molar-refractivity contribution in [2.45, 2.75) is 13.0 Å². The molecule has 2 aromatic carbocycles. The Balaban J connectivity index is 1.46. The van der Waals surface area contributed by atoms with E-state index >= 15 is 0 Å². The van der Waals surface area contributed by atoms with Gasteiger partial charge in [-0.15, -0.1) is 0 Å². The van der Waals surface area contributed by atoms with Gasteiger partial charge in [-0.25, -0.2) is 22.7 Å². The number of carbonyl (C=O) groups is 1. The predicted molar refractivity (Wildman–Crippen MR) is 124 cm³/mol. The van der Waals surface area contributed by atoms with E-state index in [1.54, 1.807) is 42.5 Å². The topological polar surface area (TPSA) is 77.1 Å². The maximum atomic E-state index is 13.8. The fraction of sp³-hybridized carbons (Fsp3) is 0.0833. The van der Waals surface area contributed by atoms with Crippen LogP contribution < -0.4 is 5.32 Å². The predicted octanol–water partition coefficient (Wildman–Crippen LogP) is 5.62. The summed E-state index contributed by atoms with van der Waals surface area (Å²) in [4.78, 5) is 17.5. The molecule has 0 radical (unpaired) electrons. The minimum Gasteiger partial charge on any atom is -0.304 e. The molecule has 3 aromatic heterocycles. The number of fused-ring (bicyclic) bond motifs is 1. The molecule has 0 aliphatic heterocycles. The second kappa shape index (κ2) is 9.22. The van der Waals surface area contributed by atoms with Crippen molar-refractivity contribution in [1.82, 2.24) is 24.4 Å². The molecule has 1 amide bonds. The van der Waals surface area contributed by atoms with Gasteiger partial charge in [-0.2, -0.15) is 10.2 Å². The van der Waals surface area contributed by atoms with Gasteiger partial charge in [0.25, 0.3) is 12.3 Å². The van der Waals surface area contributed by atoms with Crippen LogP contribution in [0.25, 0.3) is 16.9 Å². The van der Waals surface area contributed by atoms with E-state index in [4.69, 9.17) is 11.6 Å².